The van der Waals surface area contributed by atoms with Crippen LogP contribution in [0.5, 0.6) is 0 Å². The summed E-state index contributed by atoms with van der Waals surface area (Å²) in [6.45, 7) is 3.83. The minimum Gasteiger partial charge on any atom is -0.396 e. The first kappa shape index (κ1) is 14.7. The molecule has 0 bridgehead atoms. The molecule has 1 heterocycles. The highest BCUT2D eigenvalue weighted by Crippen LogP contribution is 2.22. The fraction of sp³-hybridized carbons (Fsp3) is 0.538. The summed E-state index contributed by atoms with van der Waals surface area (Å²) in [5.41, 5.74) is 5.90. The molecule has 0 aliphatic rings. The summed E-state index contributed by atoms with van der Waals surface area (Å²) >= 11 is 0. The fourth-order valence-electron chi connectivity index (χ4n) is 1.55. The van der Waals surface area contributed by atoms with Gasteiger partial charge < -0.3 is 5.73 Å². The molecule has 2 N–H and O–H groups in total. The van der Waals surface area contributed by atoms with Gasteiger partial charge >= 0.3 is 0 Å². The van der Waals surface area contributed by atoms with Crippen LogP contribution in [0.4, 0.5) is 5.69 Å². The Kier molecular flexibility index (Phi) is 5.29. The van der Waals surface area contributed by atoms with Crippen molar-refractivity contribution in [1.29, 1.82) is 5.26 Å². The van der Waals surface area contributed by atoms with Gasteiger partial charge in [-0.3, -0.25) is 4.21 Å². The number of hydrogen-bond donors (Lipinski definition) is 1. The second-order valence-corrected chi connectivity index (χ2v) is 6.39. The molecule has 0 saturated carbocycles. The highest BCUT2D eigenvalue weighted by atomic mass is 32.2. The predicted octanol–water partition coefficient (Wildman–Crippen LogP) is 2.49. The van der Waals surface area contributed by atoms with E-state index < -0.39 is 10.8 Å². The molecule has 0 radical (unpaired) electrons. The van der Waals surface area contributed by atoms with Crippen molar-refractivity contribution < 1.29 is 4.21 Å². The van der Waals surface area contributed by atoms with E-state index >= 15 is 0 Å². The molecule has 1 aromatic heterocycles. The van der Waals surface area contributed by atoms with E-state index in [1.807, 2.05) is 13.8 Å². The Balaban J connectivity index is 2.40. The van der Waals surface area contributed by atoms with Crippen LogP contribution in [0.2, 0.25) is 0 Å². The lowest BCUT2D eigenvalue weighted by Gasteiger charge is -2.14. The van der Waals surface area contributed by atoms with E-state index in [-0.39, 0.29) is 5.41 Å². The van der Waals surface area contributed by atoms with Crippen molar-refractivity contribution in [1.82, 2.24) is 4.98 Å². The quantitative estimate of drug-likeness (QED) is 0.801. The summed E-state index contributed by atoms with van der Waals surface area (Å²) in [5, 5.41) is 9.35. The number of aromatic nitrogens is 1. The average molecular weight is 265 g/mol. The molecule has 0 spiro atoms. The van der Waals surface area contributed by atoms with E-state index in [9.17, 15) is 4.21 Å². The van der Waals surface area contributed by atoms with Crippen LogP contribution in [-0.2, 0) is 10.8 Å². The average Bonchev–Trinajstić information content (AvgIpc) is 2.35. The summed E-state index contributed by atoms with van der Waals surface area (Å²) in [4.78, 5) is 4.04. The molecular formula is C13H19N3OS. The number of pyridine rings is 1. The van der Waals surface area contributed by atoms with Gasteiger partial charge in [0.2, 0.25) is 0 Å². The van der Waals surface area contributed by atoms with Crippen LogP contribution in [0.25, 0.3) is 0 Å². The lowest BCUT2D eigenvalue weighted by molar-refractivity contribution is 0.432. The van der Waals surface area contributed by atoms with Gasteiger partial charge in [0, 0.05) is 11.9 Å². The Morgan fingerprint density at radius 3 is 2.83 bits per heavy atom. The lowest BCUT2D eigenvalue weighted by Crippen LogP contribution is -2.09. The third-order valence-corrected chi connectivity index (χ3v) is 4.13. The van der Waals surface area contributed by atoms with Crippen molar-refractivity contribution in [2.45, 2.75) is 38.1 Å². The van der Waals surface area contributed by atoms with E-state index in [2.05, 4.69) is 11.1 Å². The number of rotatable bonds is 6. The third-order valence-electron chi connectivity index (χ3n) is 2.70. The highest BCUT2D eigenvalue weighted by Gasteiger charge is 2.16. The van der Waals surface area contributed by atoms with Gasteiger partial charge in [0.15, 0.2) is 0 Å². The smallest absolute Gasteiger partial charge is 0.150 e. The molecule has 4 nitrogen and oxygen atoms in total. The van der Waals surface area contributed by atoms with Gasteiger partial charge in [-0.1, -0.05) is 6.42 Å². The van der Waals surface area contributed by atoms with Crippen molar-refractivity contribution in [3.05, 3.63) is 18.3 Å². The van der Waals surface area contributed by atoms with Crippen molar-refractivity contribution >= 4 is 16.5 Å². The molecule has 0 fully saturated rings. The van der Waals surface area contributed by atoms with Gasteiger partial charge in [-0.2, -0.15) is 5.26 Å². The molecule has 0 aliphatic carbocycles. The fourth-order valence-corrected chi connectivity index (χ4v) is 2.72. The first-order chi connectivity index (χ1) is 8.46. The zero-order chi connectivity index (χ0) is 13.6. The van der Waals surface area contributed by atoms with E-state index in [4.69, 9.17) is 11.0 Å². The molecule has 1 atom stereocenters. The van der Waals surface area contributed by atoms with E-state index in [1.165, 1.54) is 0 Å². The maximum Gasteiger partial charge on any atom is 0.150 e. The van der Waals surface area contributed by atoms with Gasteiger partial charge in [0.05, 0.1) is 28.0 Å². The number of hydrogen-bond acceptors (Lipinski definition) is 4. The number of anilines is 1. The Bertz CT molecular complexity index is 466. The summed E-state index contributed by atoms with van der Waals surface area (Å²) < 4.78 is 12.0. The number of unbranched alkanes of at least 4 members (excludes halogenated alkanes) is 1. The molecule has 18 heavy (non-hydrogen) atoms. The van der Waals surface area contributed by atoms with Crippen molar-refractivity contribution in [2.75, 3.05) is 11.5 Å². The first-order valence-electron chi connectivity index (χ1n) is 5.96. The van der Waals surface area contributed by atoms with Crippen LogP contribution in [-0.4, -0.2) is 14.9 Å². The molecule has 0 aromatic carbocycles. The van der Waals surface area contributed by atoms with Crippen LogP contribution in [0.3, 0.4) is 0 Å². The summed E-state index contributed by atoms with van der Waals surface area (Å²) in [6.07, 6.45) is 4.12. The van der Waals surface area contributed by atoms with Crippen LogP contribution in [0.1, 0.15) is 33.1 Å². The zero-order valence-electron chi connectivity index (χ0n) is 10.8. The molecule has 0 aliphatic heterocycles. The monoisotopic (exact) mass is 265 g/mol. The third kappa shape index (κ3) is 4.46. The molecule has 0 saturated heterocycles. The maximum absolute atomic E-state index is 12.0. The predicted molar refractivity (Wildman–Crippen MR) is 73.2 cm³/mol. The molecule has 5 heteroatoms. The normalized spacial score (nSPS) is 12.9. The second kappa shape index (κ2) is 6.50. The van der Waals surface area contributed by atoms with E-state index in [0.29, 0.717) is 16.5 Å². The van der Waals surface area contributed by atoms with Crippen LogP contribution in [0, 0.1) is 16.7 Å². The van der Waals surface area contributed by atoms with Crippen LogP contribution in [0.15, 0.2) is 23.4 Å². The summed E-state index contributed by atoms with van der Waals surface area (Å²) in [7, 11) is -1.14. The minimum absolute atomic E-state index is 0.300. The zero-order valence-corrected chi connectivity index (χ0v) is 11.7. The van der Waals surface area contributed by atoms with Crippen molar-refractivity contribution in [3.63, 3.8) is 0 Å². The van der Waals surface area contributed by atoms with Crippen molar-refractivity contribution in [2.24, 2.45) is 5.41 Å². The second-order valence-electron chi connectivity index (χ2n) is 4.90. The van der Waals surface area contributed by atoms with E-state index in [1.54, 1.807) is 18.3 Å². The lowest BCUT2D eigenvalue weighted by atomic mass is 9.89. The number of nitrogens with zero attached hydrogens (tertiary/aromatic N) is 2. The topological polar surface area (TPSA) is 79.8 Å². The molecule has 1 rings (SSSR count). The van der Waals surface area contributed by atoms with Crippen molar-refractivity contribution in [3.8, 4) is 6.07 Å². The molecule has 0 amide bonds. The van der Waals surface area contributed by atoms with Gasteiger partial charge in [-0.25, -0.2) is 4.98 Å². The number of nitrogen functional groups attached to an aromatic ring is 1. The van der Waals surface area contributed by atoms with Gasteiger partial charge in [0.1, 0.15) is 5.03 Å². The summed E-state index contributed by atoms with van der Waals surface area (Å²) in [5.74, 6) is 0.544. The standard InChI is InChI=1S/C13H19N3OS/c1-13(2,10-14)7-3-4-9-18(17)12-11(15)6-5-8-16-12/h5-6,8H,3-4,7,9,15H2,1-2H3. The number of nitrogens with two attached hydrogens (primary N) is 1. The van der Waals surface area contributed by atoms with Crippen LogP contribution < -0.4 is 5.73 Å². The number of nitriles is 1. The first-order valence-corrected chi connectivity index (χ1v) is 7.28. The van der Waals surface area contributed by atoms with Gasteiger partial charge in [-0.15, -0.1) is 0 Å². The molecule has 1 aromatic rings. The maximum atomic E-state index is 12.0. The van der Waals surface area contributed by atoms with Gasteiger partial charge in [-0.05, 0) is 38.8 Å². The van der Waals surface area contributed by atoms with Crippen LogP contribution >= 0.6 is 0 Å². The molecular weight excluding hydrogens is 246 g/mol. The molecule has 1 unspecified atom stereocenters. The Labute approximate surface area is 111 Å². The van der Waals surface area contributed by atoms with Gasteiger partial charge in [0.25, 0.3) is 0 Å². The highest BCUT2D eigenvalue weighted by molar-refractivity contribution is 7.85. The largest absolute Gasteiger partial charge is 0.396 e. The Hall–Kier alpha value is -1.41. The Morgan fingerprint density at radius 1 is 1.50 bits per heavy atom. The minimum atomic E-state index is -1.14. The SMILES string of the molecule is CC(C)(C#N)CCCCS(=O)c1ncccc1N. The summed E-state index contributed by atoms with van der Waals surface area (Å²) in [6, 6.07) is 5.70. The van der Waals surface area contributed by atoms with E-state index in [0.717, 1.165) is 19.3 Å². The Morgan fingerprint density at radius 2 is 2.22 bits per heavy atom. The molecule has 98 valence electrons.